The minimum Gasteiger partial charge on any atom is -0.265 e. The first kappa shape index (κ1) is 8.61. The predicted octanol–water partition coefficient (Wildman–Crippen LogP) is 2.77. The Morgan fingerprint density at radius 2 is 2.07 bits per heavy atom. The maximum Gasteiger partial charge on any atom is 0.122 e. The molecule has 15 heavy (non-hydrogen) atoms. The molecular formula is C11H9N3S. The maximum atomic E-state index is 4.28. The minimum absolute atomic E-state index is 1.19. The summed E-state index contributed by atoms with van der Waals surface area (Å²) in [5.74, 6) is 0. The predicted molar refractivity (Wildman–Crippen MR) is 61.0 cm³/mol. The Morgan fingerprint density at radius 1 is 1.27 bits per heavy atom. The fourth-order valence-corrected chi connectivity index (χ4v) is 2.57. The van der Waals surface area contributed by atoms with Crippen LogP contribution in [0.15, 0.2) is 36.9 Å². The third kappa shape index (κ3) is 1.34. The number of rotatable bonds is 1. The molecule has 0 saturated heterocycles. The van der Waals surface area contributed by atoms with Gasteiger partial charge in [-0.25, -0.2) is 4.52 Å². The van der Waals surface area contributed by atoms with Crippen molar-refractivity contribution in [3.63, 3.8) is 0 Å². The van der Waals surface area contributed by atoms with Crippen LogP contribution in [0.25, 0.3) is 15.3 Å². The van der Waals surface area contributed by atoms with Crippen molar-refractivity contribution in [3.8, 4) is 10.4 Å². The molecular weight excluding hydrogens is 206 g/mol. The largest absolute Gasteiger partial charge is 0.265 e. The summed E-state index contributed by atoms with van der Waals surface area (Å²) in [7, 11) is 0. The van der Waals surface area contributed by atoms with E-state index in [1.807, 2.05) is 35.2 Å². The van der Waals surface area contributed by atoms with Crippen molar-refractivity contribution in [3.05, 3.63) is 42.5 Å². The average Bonchev–Trinajstić information content (AvgIpc) is 2.83. The Labute approximate surface area is 91.0 Å². The van der Waals surface area contributed by atoms with Crippen LogP contribution >= 0.6 is 11.3 Å². The topological polar surface area (TPSA) is 30.2 Å². The van der Waals surface area contributed by atoms with Gasteiger partial charge in [-0.05, 0) is 24.6 Å². The Hall–Kier alpha value is -1.68. The Balaban J connectivity index is 2.20. The molecule has 3 rings (SSSR count). The van der Waals surface area contributed by atoms with E-state index in [1.165, 1.54) is 20.8 Å². The number of thiazole rings is 1. The van der Waals surface area contributed by atoms with Gasteiger partial charge >= 0.3 is 0 Å². The van der Waals surface area contributed by atoms with Crippen molar-refractivity contribution >= 4 is 16.2 Å². The second-order valence-corrected chi connectivity index (χ2v) is 4.44. The highest BCUT2D eigenvalue weighted by Gasteiger charge is 2.06. The quantitative estimate of drug-likeness (QED) is 0.624. The van der Waals surface area contributed by atoms with Gasteiger partial charge in [0.2, 0.25) is 0 Å². The van der Waals surface area contributed by atoms with Gasteiger partial charge in [-0.2, -0.15) is 5.10 Å². The van der Waals surface area contributed by atoms with Gasteiger partial charge in [-0.3, -0.25) is 4.98 Å². The number of nitrogens with zero attached hydrogens (tertiary/aromatic N) is 3. The lowest BCUT2D eigenvalue weighted by Gasteiger charge is -1.92. The van der Waals surface area contributed by atoms with Crippen molar-refractivity contribution in [2.45, 2.75) is 6.92 Å². The number of pyridine rings is 1. The van der Waals surface area contributed by atoms with Crippen molar-refractivity contribution < 1.29 is 0 Å². The van der Waals surface area contributed by atoms with Gasteiger partial charge in [0.15, 0.2) is 0 Å². The van der Waals surface area contributed by atoms with E-state index in [9.17, 15) is 0 Å². The first-order valence-corrected chi connectivity index (χ1v) is 5.50. The first-order valence-electron chi connectivity index (χ1n) is 4.69. The van der Waals surface area contributed by atoms with E-state index < -0.39 is 0 Å². The van der Waals surface area contributed by atoms with E-state index in [4.69, 9.17) is 0 Å². The second kappa shape index (κ2) is 3.17. The molecule has 0 aromatic carbocycles. The highest BCUT2D eigenvalue weighted by Crippen LogP contribution is 2.29. The van der Waals surface area contributed by atoms with Crippen LogP contribution in [0.1, 0.15) is 5.56 Å². The van der Waals surface area contributed by atoms with E-state index in [-0.39, 0.29) is 0 Å². The van der Waals surface area contributed by atoms with Gasteiger partial charge in [0.1, 0.15) is 4.83 Å². The monoisotopic (exact) mass is 215 g/mol. The van der Waals surface area contributed by atoms with Crippen LogP contribution in [0.3, 0.4) is 0 Å². The molecule has 0 spiro atoms. The van der Waals surface area contributed by atoms with Crippen LogP contribution in [-0.2, 0) is 0 Å². The zero-order valence-electron chi connectivity index (χ0n) is 8.21. The fraction of sp³-hybridized carbons (Fsp3) is 0.0909. The second-order valence-electron chi connectivity index (χ2n) is 3.41. The van der Waals surface area contributed by atoms with Gasteiger partial charge in [0.25, 0.3) is 0 Å². The smallest absolute Gasteiger partial charge is 0.122 e. The maximum absolute atomic E-state index is 4.28. The summed E-state index contributed by atoms with van der Waals surface area (Å²) in [5, 5.41) is 4.28. The number of aryl methyl sites for hydroxylation is 1. The average molecular weight is 215 g/mol. The molecule has 0 amide bonds. The van der Waals surface area contributed by atoms with Crippen LogP contribution < -0.4 is 0 Å². The summed E-state index contributed by atoms with van der Waals surface area (Å²) < 4.78 is 1.93. The number of aromatic nitrogens is 3. The molecule has 0 atom stereocenters. The molecule has 0 aliphatic carbocycles. The molecule has 3 aromatic rings. The third-order valence-electron chi connectivity index (χ3n) is 2.33. The molecule has 74 valence electrons. The van der Waals surface area contributed by atoms with E-state index in [0.717, 1.165) is 0 Å². The summed E-state index contributed by atoms with van der Waals surface area (Å²) in [6.07, 6.45) is 7.57. The third-order valence-corrected chi connectivity index (χ3v) is 3.60. The molecule has 0 radical (unpaired) electrons. The number of fused-ring (bicyclic) bond motifs is 1. The molecule has 0 bridgehead atoms. The zero-order chi connectivity index (χ0) is 10.3. The minimum atomic E-state index is 1.19. The summed E-state index contributed by atoms with van der Waals surface area (Å²) in [4.78, 5) is 6.45. The Morgan fingerprint density at radius 3 is 2.80 bits per heavy atom. The van der Waals surface area contributed by atoms with Gasteiger partial charge in [-0.1, -0.05) is 0 Å². The lowest BCUT2D eigenvalue weighted by atomic mass is 10.2. The van der Waals surface area contributed by atoms with Crippen molar-refractivity contribution in [1.82, 2.24) is 14.6 Å². The molecule has 0 saturated carbocycles. The molecule has 0 fully saturated rings. The fourth-order valence-electron chi connectivity index (χ4n) is 1.55. The van der Waals surface area contributed by atoms with Crippen LogP contribution in [0, 0.1) is 6.92 Å². The van der Waals surface area contributed by atoms with Crippen molar-refractivity contribution in [2.75, 3.05) is 0 Å². The van der Waals surface area contributed by atoms with Gasteiger partial charge in [-0.15, -0.1) is 11.3 Å². The highest BCUT2D eigenvalue weighted by atomic mass is 32.1. The molecule has 0 unspecified atom stereocenters. The van der Waals surface area contributed by atoms with Gasteiger partial charge in [0, 0.05) is 24.2 Å². The van der Waals surface area contributed by atoms with Crippen molar-refractivity contribution in [1.29, 1.82) is 0 Å². The first-order chi connectivity index (χ1) is 7.34. The molecule has 3 aromatic heterocycles. The normalized spacial score (nSPS) is 11.0. The molecule has 4 heteroatoms. The van der Waals surface area contributed by atoms with Gasteiger partial charge < -0.3 is 0 Å². The van der Waals surface area contributed by atoms with Crippen LogP contribution in [0.4, 0.5) is 0 Å². The number of hydrogen-bond donors (Lipinski definition) is 0. The van der Waals surface area contributed by atoms with Crippen LogP contribution in [-0.4, -0.2) is 14.6 Å². The summed E-state index contributed by atoms with van der Waals surface area (Å²) in [5.41, 5.74) is 2.42. The SMILES string of the molecule is Cc1cnn2cc(-c3ccncc3)sc12. The zero-order valence-corrected chi connectivity index (χ0v) is 9.03. The van der Waals surface area contributed by atoms with Crippen LogP contribution in [0.2, 0.25) is 0 Å². The van der Waals surface area contributed by atoms with Gasteiger partial charge in [0.05, 0.1) is 11.1 Å². The number of hydrogen-bond acceptors (Lipinski definition) is 3. The van der Waals surface area contributed by atoms with Crippen LogP contribution in [0.5, 0.6) is 0 Å². The summed E-state index contributed by atoms with van der Waals surface area (Å²) in [6.45, 7) is 2.08. The Kier molecular flexibility index (Phi) is 1.82. The lowest BCUT2D eigenvalue weighted by Crippen LogP contribution is -1.77. The summed E-state index contributed by atoms with van der Waals surface area (Å²) in [6, 6.07) is 4.03. The molecule has 0 N–H and O–H groups in total. The van der Waals surface area contributed by atoms with E-state index >= 15 is 0 Å². The Bertz CT molecular complexity index is 595. The summed E-state index contributed by atoms with van der Waals surface area (Å²) >= 11 is 1.76. The van der Waals surface area contributed by atoms with Crippen molar-refractivity contribution in [2.24, 2.45) is 0 Å². The molecule has 0 aliphatic rings. The van der Waals surface area contributed by atoms with E-state index in [2.05, 4.69) is 23.2 Å². The standard InChI is InChI=1S/C11H9N3S/c1-8-6-13-14-7-10(15-11(8)14)9-2-4-12-5-3-9/h2-7H,1H3. The molecule has 3 nitrogen and oxygen atoms in total. The molecule has 3 heterocycles. The lowest BCUT2D eigenvalue weighted by molar-refractivity contribution is 0.978. The van der Waals surface area contributed by atoms with E-state index in [1.54, 1.807) is 11.3 Å². The molecule has 0 aliphatic heterocycles. The highest BCUT2D eigenvalue weighted by molar-refractivity contribution is 7.20. The van der Waals surface area contributed by atoms with E-state index in [0.29, 0.717) is 0 Å².